The normalized spacial score (nSPS) is 12.0. The first kappa shape index (κ1) is 21.3. The molecule has 4 aromatic rings. The van der Waals surface area contributed by atoms with Gasteiger partial charge in [0.2, 0.25) is 5.91 Å². The molecule has 0 saturated heterocycles. The topological polar surface area (TPSA) is 64.1 Å². The van der Waals surface area contributed by atoms with Crippen LogP contribution in [0.2, 0.25) is 0 Å². The van der Waals surface area contributed by atoms with E-state index >= 15 is 0 Å². The lowest BCUT2D eigenvalue weighted by Crippen LogP contribution is -2.25. The summed E-state index contributed by atoms with van der Waals surface area (Å²) in [5.41, 5.74) is 4.11. The molecule has 0 bridgehead atoms. The van der Waals surface area contributed by atoms with Crippen molar-refractivity contribution in [3.63, 3.8) is 0 Å². The third-order valence-electron chi connectivity index (χ3n) is 4.98. The number of anilines is 1. The fraction of sp³-hybridized carbons (Fsp3) is 0.208. The smallest absolute Gasteiger partial charge is 0.238 e. The first-order valence-corrected chi connectivity index (χ1v) is 11.8. The van der Waals surface area contributed by atoms with Crippen LogP contribution in [0.4, 0.5) is 5.69 Å². The lowest BCUT2D eigenvalue weighted by Gasteiger charge is -2.16. The number of amides is 1. The highest BCUT2D eigenvalue weighted by atomic mass is 32.2. The maximum Gasteiger partial charge on any atom is 0.238 e. The van der Waals surface area contributed by atoms with Crippen LogP contribution in [-0.4, -0.2) is 28.2 Å². The van der Waals surface area contributed by atoms with Gasteiger partial charge < -0.3 is 10.1 Å². The van der Waals surface area contributed by atoms with Gasteiger partial charge in [0, 0.05) is 10.9 Å². The zero-order valence-corrected chi connectivity index (χ0v) is 19.2. The number of thiophene rings is 1. The van der Waals surface area contributed by atoms with E-state index in [2.05, 4.69) is 51.9 Å². The summed E-state index contributed by atoms with van der Waals surface area (Å²) in [6.45, 7) is 4.08. The van der Waals surface area contributed by atoms with Crippen molar-refractivity contribution in [2.75, 3.05) is 12.4 Å². The van der Waals surface area contributed by atoms with Crippen LogP contribution in [-0.2, 0) is 4.79 Å². The molecule has 1 amide bonds. The number of hydrogen-bond donors (Lipinski definition) is 1. The summed E-state index contributed by atoms with van der Waals surface area (Å²) in [5, 5.41) is 6.65. The summed E-state index contributed by atoms with van der Waals surface area (Å²) in [7, 11) is 1.60. The van der Waals surface area contributed by atoms with Crippen molar-refractivity contribution in [2.45, 2.75) is 30.5 Å². The third kappa shape index (κ3) is 4.57. The number of carbonyl (C=O) groups excluding carboxylic acids is 1. The number of aromatic nitrogens is 2. The van der Waals surface area contributed by atoms with Gasteiger partial charge in [-0.15, -0.1) is 11.3 Å². The molecule has 158 valence electrons. The molecule has 0 aliphatic heterocycles. The number of nitrogens with one attached hydrogen (secondary N) is 1. The molecule has 1 unspecified atom stereocenters. The number of nitrogens with zero attached hydrogens (tertiary/aromatic N) is 2. The highest BCUT2D eigenvalue weighted by Crippen LogP contribution is 2.39. The molecule has 0 fully saturated rings. The van der Waals surface area contributed by atoms with Gasteiger partial charge in [0.05, 0.1) is 23.4 Å². The van der Waals surface area contributed by atoms with E-state index in [0.717, 1.165) is 26.4 Å². The second kappa shape index (κ2) is 9.49. The Morgan fingerprint density at radius 2 is 1.94 bits per heavy atom. The van der Waals surface area contributed by atoms with Crippen LogP contribution in [0.25, 0.3) is 21.3 Å². The number of rotatable bonds is 7. The van der Waals surface area contributed by atoms with Gasteiger partial charge in [-0.05, 0) is 31.0 Å². The van der Waals surface area contributed by atoms with E-state index in [1.807, 2.05) is 31.2 Å². The Kier molecular flexibility index (Phi) is 6.53. The average molecular weight is 450 g/mol. The van der Waals surface area contributed by atoms with Crippen LogP contribution in [0.1, 0.15) is 18.9 Å². The molecule has 0 radical (unpaired) electrons. The number of para-hydroxylation sites is 2. The molecular formula is C24H23N3O2S2. The fourth-order valence-electron chi connectivity index (χ4n) is 3.30. The quantitative estimate of drug-likeness (QED) is 0.269. The summed E-state index contributed by atoms with van der Waals surface area (Å²) >= 11 is 3.07. The zero-order valence-electron chi connectivity index (χ0n) is 17.6. The summed E-state index contributed by atoms with van der Waals surface area (Å²) in [6.07, 6.45) is 2.24. The average Bonchev–Trinajstić information content (AvgIpc) is 3.23. The Morgan fingerprint density at radius 3 is 2.68 bits per heavy atom. The second-order valence-corrected chi connectivity index (χ2v) is 9.13. The van der Waals surface area contributed by atoms with E-state index < -0.39 is 0 Å². The van der Waals surface area contributed by atoms with Gasteiger partial charge in [-0.25, -0.2) is 9.97 Å². The molecule has 5 nitrogen and oxygen atoms in total. The third-order valence-corrected chi connectivity index (χ3v) is 7.23. The van der Waals surface area contributed by atoms with Crippen molar-refractivity contribution in [1.82, 2.24) is 9.97 Å². The largest absolute Gasteiger partial charge is 0.495 e. The van der Waals surface area contributed by atoms with Gasteiger partial charge >= 0.3 is 0 Å². The van der Waals surface area contributed by atoms with Gasteiger partial charge in [-0.3, -0.25) is 4.79 Å². The van der Waals surface area contributed by atoms with E-state index in [1.165, 1.54) is 17.3 Å². The molecule has 0 saturated carbocycles. The summed E-state index contributed by atoms with van der Waals surface area (Å²) in [4.78, 5) is 23.0. The number of thioether (sulfide) groups is 1. The van der Waals surface area contributed by atoms with Gasteiger partial charge in [-0.2, -0.15) is 0 Å². The minimum absolute atomic E-state index is 0.0733. The monoisotopic (exact) mass is 449 g/mol. The minimum Gasteiger partial charge on any atom is -0.495 e. The maximum atomic E-state index is 13.1. The standard InChI is InChI=1S/C24H23N3O2S2/c1-4-20(22(28)27-18-7-5-6-8-19(18)29-3)31-24-21-17(13-30-23(21)25-14-26-24)16-11-9-15(2)10-12-16/h5-14,20H,4H2,1-3H3,(H,27,28). The van der Waals surface area contributed by atoms with Crippen molar-refractivity contribution >= 4 is 44.9 Å². The van der Waals surface area contributed by atoms with Crippen molar-refractivity contribution in [1.29, 1.82) is 0 Å². The Balaban J connectivity index is 1.64. The van der Waals surface area contributed by atoms with Gasteiger partial charge in [0.25, 0.3) is 0 Å². The van der Waals surface area contributed by atoms with Crippen molar-refractivity contribution in [3.8, 4) is 16.9 Å². The Morgan fingerprint density at radius 1 is 1.16 bits per heavy atom. The minimum atomic E-state index is -0.297. The molecule has 31 heavy (non-hydrogen) atoms. The number of hydrogen-bond acceptors (Lipinski definition) is 6. The van der Waals surface area contributed by atoms with E-state index in [1.54, 1.807) is 24.8 Å². The molecule has 4 rings (SSSR count). The summed E-state index contributed by atoms with van der Waals surface area (Å²) < 4.78 is 5.36. The molecule has 2 aromatic heterocycles. The van der Waals surface area contributed by atoms with Crippen LogP contribution in [0, 0.1) is 6.92 Å². The zero-order chi connectivity index (χ0) is 21.8. The predicted molar refractivity (Wildman–Crippen MR) is 129 cm³/mol. The summed E-state index contributed by atoms with van der Waals surface area (Å²) in [6, 6.07) is 15.9. The second-order valence-electron chi connectivity index (χ2n) is 7.08. The molecule has 0 aliphatic rings. The Hall–Kier alpha value is -2.90. The van der Waals surface area contributed by atoms with Crippen molar-refractivity contribution in [2.24, 2.45) is 0 Å². The highest BCUT2D eigenvalue weighted by molar-refractivity contribution is 8.00. The summed E-state index contributed by atoms with van der Waals surface area (Å²) in [5.74, 6) is 0.565. The van der Waals surface area contributed by atoms with Crippen molar-refractivity contribution in [3.05, 3.63) is 65.8 Å². The predicted octanol–water partition coefficient (Wildman–Crippen LogP) is 6.18. The number of methoxy groups -OCH3 is 1. The molecule has 2 aromatic carbocycles. The van der Waals surface area contributed by atoms with Crippen LogP contribution in [0.5, 0.6) is 5.75 Å². The highest BCUT2D eigenvalue weighted by Gasteiger charge is 2.23. The number of carbonyl (C=O) groups is 1. The van der Waals surface area contributed by atoms with Crippen molar-refractivity contribution < 1.29 is 9.53 Å². The number of benzene rings is 2. The Labute approximate surface area is 189 Å². The van der Waals surface area contributed by atoms with E-state index in [-0.39, 0.29) is 11.2 Å². The first-order chi connectivity index (χ1) is 15.1. The van der Waals surface area contributed by atoms with Crippen LogP contribution in [0.3, 0.4) is 0 Å². The van der Waals surface area contributed by atoms with E-state index in [4.69, 9.17) is 4.74 Å². The molecule has 7 heteroatoms. The fourth-order valence-corrected chi connectivity index (χ4v) is 5.32. The van der Waals surface area contributed by atoms with Crippen LogP contribution >= 0.6 is 23.1 Å². The molecule has 2 heterocycles. The number of fused-ring (bicyclic) bond motifs is 1. The van der Waals surface area contributed by atoms with Crippen LogP contribution < -0.4 is 10.1 Å². The van der Waals surface area contributed by atoms with E-state index in [0.29, 0.717) is 17.9 Å². The Bertz CT molecular complexity index is 1210. The molecule has 1 N–H and O–H groups in total. The first-order valence-electron chi connectivity index (χ1n) is 10.0. The molecule has 0 spiro atoms. The van der Waals surface area contributed by atoms with Gasteiger partial charge in [0.1, 0.15) is 21.9 Å². The van der Waals surface area contributed by atoms with Gasteiger partial charge in [-0.1, -0.05) is 60.6 Å². The SMILES string of the molecule is CCC(Sc1ncnc2scc(-c3ccc(C)cc3)c12)C(=O)Nc1ccccc1OC. The van der Waals surface area contributed by atoms with Gasteiger partial charge in [0.15, 0.2) is 0 Å². The maximum absolute atomic E-state index is 13.1. The van der Waals surface area contributed by atoms with Crippen LogP contribution in [0.15, 0.2) is 65.3 Å². The molecule has 1 atom stereocenters. The molecule has 0 aliphatic carbocycles. The van der Waals surface area contributed by atoms with E-state index in [9.17, 15) is 4.79 Å². The number of aryl methyl sites for hydroxylation is 1. The molecular weight excluding hydrogens is 426 g/mol. The lowest BCUT2D eigenvalue weighted by molar-refractivity contribution is -0.115. The number of ether oxygens (including phenoxy) is 1. The lowest BCUT2D eigenvalue weighted by atomic mass is 10.1.